The number of halogens is 1. The number of phenolic OH excluding ortho intramolecular Hbond substituents is 1. The van der Waals surface area contributed by atoms with E-state index in [2.05, 4.69) is 15.8 Å². The number of hydrogen-bond donors (Lipinski definition) is 3. The molecule has 0 saturated carbocycles. The van der Waals surface area contributed by atoms with Crippen molar-refractivity contribution in [1.29, 1.82) is 0 Å². The zero-order valence-corrected chi connectivity index (χ0v) is 22.1. The van der Waals surface area contributed by atoms with E-state index >= 15 is 0 Å². The van der Waals surface area contributed by atoms with Crippen LogP contribution in [0.1, 0.15) is 48.7 Å². The quantitative estimate of drug-likeness (QED) is 0.185. The van der Waals surface area contributed by atoms with Crippen molar-refractivity contribution in [3.63, 3.8) is 0 Å². The molecule has 0 bridgehead atoms. The third-order valence-electron chi connectivity index (χ3n) is 5.56. The van der Waals surface area contributed by atoms with Crippen molar-refractivity contribution >= 4 is 46.6 Å². The number of carbonyl (C=O) groups excluding carboxylic acids is 3. The normalized spacial score (nSPS) is 11.9. The lowest BCUT2D eigenvalue weighted by atomic mass is 10.0. The van der Waals surface area contributed by atoms with Crippen LogP contribution in [0, 0.1) is 5.92 Å². The van der Waals surface area contributed by atoms with E-state index < -0.39 is 24.0 Å². The molecule has 38 heavy (non-hydrogen) atoms. The number of fused-ring (bicyclic) bond motifs is 1. The highest BCUT2D eigenvalue weighted by molar-refractivity contribution is 6.32. The zero-order chi connectivity index (χ0) is 27.7. The second-order valence-corrected chi connectivity index (χ2v) is 9.29. The molecule has 200 valence electrons. The lowest BCUT2D eigenvalue weighted by Gasteiger charge is -2.19. The molecule has 0 aliphatic rings. The highest BCUT2D eigenvalue weighted by atomic mass is 35.5. The Morgan fingerprint density at radius 1 is 1.05 bits per heavy atom. The minimum atomic E-state index is -0.786. The average molecular weight is 540 g/mol. The molecular formula is C28H30ClN3O6. The van der Waals surface area contributed by atoms with Crippen LogP contribution in [0.5, 0.6) is 5.75 Å². The largest absolute Gasteiger partial charge is 0.506 e. The zero-order valence-electron chi connectivity index (χ0n) is 21.4. The summed E-state index contributed by atoms with van der Waals surface area (Å²) in [6, 6.07) is 14.4. The number of rotatable bonds is 10. The molecule has 0 aliphatic heterocycles. The molecule has 0 aliphatic carbocycles. The Balaban J connectivity index is 1.69. The molecule has 1 unspecified atom stereocenters. The Hall–Kier alpha value is -4.11. The Morgan fingerprint density at radius 3 is 2.47 bits per heavy atom. The summed E-state index contributed by atoms with van der Waals surface area (Å²) in [6.45, 7) is 5.82. The minimum absolute atomic E-state index is 0.0145. The summed E-state index contributed by atoms with van der Waals surface area (Å²) < 4.78 is 10.5. The minimum Gasteiger partial charge on any atom is -0.506 e. The van der Waals surface area contributed by atoms with Gasteiger partial charge < -0.3 is 19.9 Å². The molecule has 3 N–H and O–H groups in total. The Kier molecular flexibility index (Phi) is 10.1. The van der Waals surface area contributed by atoms with Crippen molar-refractivity contribution in [2.24, 2.45) is 11.0 Å². The van der Waals surface area contributed by atoms with Crippen molar-refractivity contribution in [3.05, 3.63) is 76.3 Å². The van der Waals surface area contributed by atoms with Gasteiger partial charge in [-0.1, -0.05) is 61.8 Å². The topological polar surface area (TPSA) is 126 Å². The number of esters is 1. The van der Waals surface area contributed by atoms with Crippen LogP contribution in [-0.2, 0) is 20.9 Å². The number of phenols is 1. The van der Waals surface area contributed by atoms with Gasteiger partial charge in [0.1, 0.15) is 18.4 Å². The fourth-order valence-corrected chi connectivity index (χ4v) is 3.93. The van der Waals surface area contributed by atoms with Gasteiger partial charge in [-0.3, -0.25) is 4.79 Å². The van der Waals surface area contributed by atoms with Crippen molar-refractivity contribution < 1.29 is 29.0 Å². The molecule has 0 fully saturated rings. The first-order chi connectivity index (χ1) is 18.2. The van der Waals surface area contributed by atoms with Gasteiger partial charge in [-0.05, 0) is 53.8 Å². The summed E-state index contributed by atoms with van der Waals surface area (Å²) in [4.78, 5) is 37.0. The van der Waals surface area contributed by atoms with Gasteiger partial charge in [0, 0.05) is 11.1 Å². The van der Waals surface area contributed by atoms with E-state index in [1.807, 2.05) is 38.1 Å². The van der Waals surface area contributed by atoms with Crippen LogP contribution in [-0.4, -0.2) is 41.9 Å². The smallest absolute Gasteiger partial charge is 0.408 e. The number of carbonyl (C=O) groups is 3. The number of hydrazone groups is 1. The molecule has 10 heteroatoms. The monoisotopic (exact) mass is 539 g/mol. The summed E-state index contributed by atoms with van der Waals surface area (Å²) in [5, 5.41) is 17.9. The SMILES string of the molecule is CCOC(=O)C(CC(C)C)NC(=O)OCc1ccc(C=NNC(=O)c2ccc(O)c(Cl)c2)c2ccccc12. The molecular weight excluding hydrogens is 510 g/mol. The summed E-state index contributed by atoms with van der Waals surface area (Å²) >= 11 is 5.86. The molecule has 9 nitrogen and oxygen atoms in total. The number of nitrogens with zero attached hydrogens (tertiary/aromatic N) is 1. The number of hydrogen-bond acceptors (Lipinski definition) is 7. The van der Waals surface area contributed by atoms with Gasteiger partial charge in [-0.15, -0.1) is 0 Å². The van der Waals surface area contributed by atoms with Gasteiger partial charge in [-0.2, -0.15) is 5.10 Å². The molecule has 0 spiro atoms. The molecule has 3 aromatic carbocycles. The van der Waals surface area contributed by atoms with Crippen LogP contribution < -0.4 is 10.7 Å². The number of nitrogens with one attached hydrogen (secondary N) is 2. The van der Waals surface area contributed by atoms with Crippen LogP contribution >= 0.6 is 11.6 Å². The maximum atomic E-state index is 12.5. The predicted molar refractivity (Wildman–Crippen MR) is 145 cm³/mol. The fourth-order valence-electron chi connectivity index (χ4n) is 3.75. The molecule has 1 atom stereocenters. The summed E-state index contributed by atoms with van der Waals surface area (Å²) in [6.07, 6.45) is 1.23. The molecule has 2 amide bonds. The number of alkyl carbamates (subject to hydrolysis) is 1. The lowest BCUT2D eigenvalue weighted by molar-refractivity contribution is -0.146. The first-order valence-electron chi connectivity index (χ1n) is 12.1. The summed E-state index contributed by atoms with van der Waals surface area (Å²) in [7, 11) is 0. The number of benzene rings is 3. The van der Waals surface area contributed by atoms with Crippen molar-refractivity contribution in [2.75, 3.05) is 6.61 Å². The van der Waals surface area contributed by atoms with Crippen molar-refractivity contribution in [3.8, 4) is 5.75 Å². The highest BCUT2D eigenvalue weighted by Crippen LogP contribution is 2.24. The first-order valence-corrected chi connectivity index (χ1v) is 12.5. The van der Waals surface area contributed by atoms with Crippen LogP contribution in [0.2, 0.25) is 5.02 Å². The van der Waals surface area contributed by atoms with Gasteiger partial charge in [0.05, 0.1) is 17.8 Å². The number of aromatic hydroxyl groups is 1. The average Bonchev–Trinajstić information content (AvgIpc) is 2.89. The third kappa shape index (κ3) is 7.69. The van der Waals surface area contributed by atoms with Crippen LogP contribution in [0.4, 0.5) is 4.79 Å². The van der Waals surface area contributed by atoms with Gasteiger partial charge in [-0.25, -0.2) is 15.0 Å². The van der Waals surface area contributed by atoms with E-state index in [0.717, 1.165) is 21.9 Å². The van der Waals surface area contributed by atoms with Crippen LogP contribution in [0.25, 0.3) is 10.8 Å². The highest BCUT2D eigenvalue weighted by Gasteiger charge is 2.24. The van der Waals surface area contributed by atoms with Crippen LogP contribution in [0.3, 0.4) is 0 Å². The van der Waals surface area contributed by atoms with Gasteiger partial charge >= 0.3 is 12.1 Å². The Labute approximate surface area is 225 Å². The fraction of sp³-hybridized carbons (Fsp3) is 0.286. The first kappa shape index (κ1) is 28.5. The summed E-state index contributed by atoms with van der Waals surface area (Å²) in [5.74, 6) is -0.921. The Morgan fingerprint density at radius 2 is 1.79 bits per heavy atom. The second kappa shape index (κ2) is 13.4. The van der Waals surface area contributed by atoms with E-state index in [1.165, 1.54) is 24.4 Å². The van der Waals surface area contributed by atoms with E-state index in [9.17, 15) is 19.5 Å². The molecule has 3 aromatic rings. The van der Waals surface area contributed by atoms with Crippen molar-refractivity contribution in [1.82, 2.24) is 10.7 Å². The van der Waals surface area contributed by atoms with E-state index in [-0.39, 0.29) is 35.5 Å². The molecule has 0 heterocycles. The van der Waals surface area contributed by atoms with Gasteiger partial charge in [0.15, 0.2) is 0 Å². The molecule has 0 saturated heterocycles. The molecule has 3 rings (SSSR count). The molecule has 0 aromatic heterocycles. The third-order valence-corrected chi connectivity index (χ3v) is 5.86. The molecule has 0 radical (unpaired) electrons. The second-order valence-electron chi connectivity index (χ2n) is 8.88. The summed E-state index contributed by atoms with van der Waals surface area (Å²) in [5.41, 5.74) is 4.18. The maximum absolute atomic E-state index is 12.5. The van der Waals surface area contributed by atoms with Gasteiger partial charge in [0.2, 0.25) is 0 Å². The van der Waals surface area contributed by atoms with E-state index in [4.69, 9.17) is 21.1 Å². The van der Waals surface area contributed by atoms with E-state index in [0.29, 0.717) is 6.42 Å². The predicted octanol–water partition coefficient (Wildman–Crippen LogP) is 5.17. The van der Waals surface area contributed by atoms with Crippen LogP contribution in [0.15, 0.2) is 59.7 Å². The lowest BCUT2D eigenvalue weighted by Crippen LogP contribution is -2.42. The number of amides is 2. The Bertz CT molecular complexity index is 1340. The standard InChI is InChI=1S/C28H30ClN3O6/c1-4-37-27(35)24(13-17(2)3)31-28(36)38-16-20-10-9-19(21-7-5-6-8-22(20)21)15-30-32-26(34)18-11-12-25(33)23(29)14-18/h5-12,14-15,17,24,33H,4,13,16H2,1-3H3,(H,31,36)(H,32,34). The van der Waals surface area contributed by atoms with Crippen molar-refractivity contribution in [2.45, 2.75) is 39.8 Å². The number of ether oxygens (including phenoxy) is 2. The van der Waals surface area contributed by atoms with E-state index in [1.54, 1.807) is 19.1 Å². The van der Waals surface area contributed by atoms with Gasteiger partial charge in [0.25, 0.3) is 5.91 Å². The maximum Gasteiger partial charge on any atom is 0.408 e.